The highest BCUT2D eigenvalue weighted by atomic mass is 127. The first kappa shape index (κ1) is 9.76. The molecule has 0 saturated heterocycles. The van der Waals surface area contributed by atoms with Crippen LogP contribution in [0, 0.1) is 3.70 Å². The van der Waals surface area contributed by atoms with Gasteiger partial charge in [-0.1, -0.05) is 40.8 Å². The second-order valence-corrected chi connectivity index (χ2v) is 5.06. The molecular weight excluding hydrogens is 388 g/mol. The van der Waals surface area contributed by atoms with Crippen molar-refractivity contribution in [3.8, 4) is 0 Å². The van der Waals surface area contributed by atoms with E-state index < -0.39 is 0 Å². The van der Waals surface area contributed by atoms with E-state index in [-0.39, 0.29) is 0 Å². The third-order valence-corrected chi connectivity index (χ3v) is 3.57. The molecule has 2 rings (SSSR count). The van der Waals surface area contributed by atoms with Crippen molar-refractivity contribution in [2.24, 2.45) is 0 Å². The van der Waals surface area contributed by atoms with Gasteiger partial charge in [0.2, 0.25) is 0 Å². The normalized spacial score (nSPS) is 10.9. The summed E-state index contributed by atoms with van der Waals surface area (Å²) in [5, 5.41) is 1.38. The van der Waals surface area contributed by atoms with Gasteiger partial charge in [-0.2, -0.15) is 0 Å². The van der Waals surface area contributed by atoms with Crippen molar-refractivity contribution in [2.75, 3.05) is 4.43 Å². The molecule has 0 aliphatic heterocycles. The van der Waals surface area contributed by atoms with E-state index in [4.69, 9.17) is 0 Å². The third kappa shape index (κ3) is 1.86. The zero-order valence-corrected chi connectivity index (χ0v) is 11.3. The minimum Gasteiger partial charge on any atom is -0.350 e. The van der Waals surface area contributed by atoms with Gasteiger partial charge < -0.3 is 4.98 Å². The maximum Gasteiger partial charge on any atom is 0.0815 e. The Labute approximate surface area is 105 Å². The Balaban J connectivity index is 2.64. The molecule has 0 aliphatic carbocycles. The molecule has 0 atom stereocenters. The smallest absolute Gasteiger partial charge is 0.0815 e. The van der Waals surface area contributed by atoms with Crippen LogP contribution in [0.5, 0.6) is 0 Å². The summed E-state index contributed by atoms with van der Waals surface area (Å²) in [5.74, 6) is 0. The highest BCUT2D eigenvalue weighted by Crippen LogP contribution is 2.24. The second kappa shape index (κ2) is 4.16. The van der Waals surface area contributed by atoms with Crippen LogP contribution in [0.25, 0.3) is 10.9 Å². The molecule has 13 heavy (non-hydrogen) atoms. The van der Waals surface area contributed by atoms with Crippen LogP contribution in [0.1, 0.15) is 5.56 Å². The molecule has 3 heteroatoms. The van der Waals surface area contributed by atoms with Gasteiger partial charge in [-0.05, 0) is 40.6 Å². The maximum atomic E-state index is 3.40. The van der Waals surface area contributed by atoms with Crippen LogP contribution in [0.4, 0.5) is 0 Å². The minimum absolute atomic E-state index is 1.16. The number of rotatable bonds is 2. The Morgan fingerprint density at radius 2 is 2.00 bits per heavy atom. The Bertz CT molecular complexity index is 420. The monoisotopic (exact) mass is 397 g/mol. The largest absolute Gasteiger partial charge is 0.350 e. The lowest BCUT2D eigenvalue weighted by Gasteiger charge is -1.95. The number of aryl methyl sites for hydroxylation is 1. The van der Waals surface area contributed by atoms with E-state index in [1.165, 1.54) is 24.6 Å². The van der Waals surface area contributed by atoms with Gasteiger partial charge in [-0.15, -0.1) is 0 Å². The fourth-order valence-corrected chi connectivity index (χ4v) is 2.90. The molecule has 1 heterocycles. The molecule has 0 radical (unpaired) electrons. The van der Waals surface area contributed by atoms with Crippen LogP contribution in [-0.4, -0.2) is 9.41 Å². The molecule has 1 nitrogen and oxygen atoms in total. The molecule has 1 N–H and O–H groups in total. The number of fused-ring (bicyclic) bond motifs is 1. The number of alkyl halides is 1. The molecule has 0 spiro atoms. The van der Waals surface area contributed by atoms with Crippen LogP contribution < -0.4 is 0 Å². The Morgan fingerprint density at radius 1 is 1.23 bits per heavy atom. The Kier molecular flexibility index (Phi) is 3.13. The first-order chi connectivity index (χ1) is 6.33. The van der Waals surface area contributed by atoms with Gasteiger partial charge in [0.15, 0.2) is 0 Å². The number of halogens is 2. The van der Waals surface area contributed by atoms with Gasteiger partial charge in [-0.25, -0.2) is 0 Å². The van der Waals surface area contributed by atoms with Gasteiger partial charge in [0.05, 0.1) is 3.70 Å². The zero-order valence-electron chi connectivity index (χ0n) is 6.98. The first-order valence-electron chi connectivity index (χ1n) is 4.14. The molecule has 1 aromatic carbocycles. The summed E-state index contributed by atoms with van der Waals surface area (Å²) >= 11 is 4.80. The lowest BCUT2D eigenvalue weighted by molar-refractivity contribution is 1.17. The number of H-pyrrole nitrogens is 1. The van der Waals surface area contributed by atoms with Crippen LogP contribution >= 0.6 is 45.2 Å². The minimum atomic E-state index is 1.16. The SMILES string of the molecule is ICCc1c(I)[nH]c2ccccc12. The Morgan fingerprint density at radius 3 is 2.77 bits per heavy atom. The van der Waals surface area contributed by atoms with E-state index in [1.807, 2.05) is 0 Å². The summed E-state index contributed by atoms with van der Waals surface area (Å²) in [6, 6.07) is 8.50. The summed E-state index contributed by atoms with van der Waals surface area (Å²) in [4.78, 5) is 3.40. The molecule has 1 aromatic heterocycles. The first-order valence-corrected chi connectivity index (χ1v) is 6.74. The number of aromatic amines is 1. The molecule has 0 bridgehead atoms. The molecular formula is C10H9I2N. The fourth-order valence-electron chi connectivity index (χ4n) is 1.51. The molecule has 0 aliphatic rings. The Hall–Kier alpha value is 0.220. The summed E-state index contributed by atoms with van der Waals surface area (Å²) in [6.07, 6.45) is 1.16. The van der Waals surface area contributed by atoms with Crippen molar-refractivity contribution < 1.29 is 0 Å². The lowest BCUT2D eigenvalue weighted by atomic mass is 10.1. The zero-order chi connectivity index (χ0) is 9.26. The van der Waals surface area contributed by atoms with E-state index in [0.29, 0.717) is 0 Å². The molecule has 2 aromatic rings. The van der Waals surface area contributed by atoms with Gasteiger partial charge in [-0.3, -0.25) is 0 Å². The quantitative estimate of drug-likeness (QED) is 0.587. The molecule has 0 unspecified atom stereocenters. The standard InChI is InChI=1S/C10H9I2N/c11-6-5-8-7-3-1-2-4-9(7)13-10(8)12/h1-4,13H,5-6H2. The van der Waals surface area contributed by atoms with Crippen LogP contribution in [0.15, 0.2) is 24.3 Å². The highest BCUT2D eigenvalue weighted by molar-refractivity contribution is 14.1. The lowest BCUT2D eigenvalue weighted by Crippen LogP contribution is -1.86. The highest BCUT2D eigenvalue weighted by Gasteiger charge is 2.06. The maximum absolute atomic E-state index is 3.40. The molecule has 0 amide bonds. The van der Waals surface area contributed by atoms with Gasteiger partial charge in [0.1, 0.15) is 0 Å². The van der Waals surface area contributed by atoms with Crippen LogP contribution in [0.3, 0.4) is 0 Å². The van der Waals surface area contributed by atoms with E-state index >= 15 is 0 Å². The van der Waals surface area contributed by atoms with Crippen molar-refractivity contribution in [3.05, 3.63) is 33.5 Å². The van der Waals surface area contributed by atoms with E-state index in [0.717, 1.165) is 6.42 Å². The van der Waals surface area contributed by atoms with Crippen molar-refractivity contribution in [1.82, 2.24) is 4.98 Å². The van der Waals surface area contributed by atoms with Crippen molar-refractivity contribution in [3.63, 3.8) is 0 Å². The number of aromatic nitrogens is 1. The van der Waals surface area contributed by atoms with Gasteiger partial charge in [0, 0.05) is 15.3 Å². The predicted molar refractivity (Wildman–Crippen MR) is 73.6 cm³/mol. The van der Waals surface area contributed by atoms with E-state index in [9.17, 15) is 0 Å². The predicted octanol–water partition coefficient (Wildman–Crippen LogP) is 3.75. The summed E-state index contributed by atoms with van der Waals surface area (Å²) in [5.41, 5.74) is 2.72. The molecule has 68 valence electrons. The molecule has 0 fully saturated rings. The van der Waals surface area contributed by atoms with Crippen molar-refractivity contribution in [2.45, 2.75) is 6.42 Å². The van der Waals surface area contributed by atoms with Crippen molar-refractivity contribution >= 4 is 56.1 Å². The summed E-state index contributed by atoms with van der Waals surface area (Å²) < 4.78 is 2.46. The fraction of sp³-hybridized carbons (Fsp3) is 0.200. The number of benzene rings is 1. The average Bonchev–Trinajstić information content (AvgIpc) is 2.44. The number of para-hydroxylation sites is 1. The molecule has 0 saturated carbocycles. The summed E-state index contributed by atoms with van der Waals surface area (Å²) in [6.45, 7) is 0. The second-order valence-electron chi connectivity index (χ2n) is 2.90. The van der Waals surface area contributed by atoms with E-state index in [2.05, 4.69) is 74.4 Å². The topological polar surface area (TPSA) is 15.8 Å². The summed E-state index contributed by atoms with van der Waals surface area (Å²) in [7, 11) is 0. The van der Waals surface area contributed by atoms with Crippen LogP contribution in [-0.2, 0) is 6.42 Å². The van der Waals surface area contributed by atoms with Gasteiger partial charge >= 0.3 is 0 Å². The van der Waals surface area contributed by atoms with Crippen LogP contribution in [0.2, 0.25) is 0 Å². The average molecular weight is 397 g/mol. The van der Waals surface area contributed by atoms with Crippen molar-refractivity contribution in [1.29, 1.82) is 0 Å². The van der Waals surface area contributed by atoms with E-state index in [1.54, 1.807) is 0 Å². The number of nitrogens with one attached hydrogen (secondary N) is 1. The number of hydrogen-bond donors (Lipinski definition) is 1. The van der Waals surface area contributed by atoms with Gasteiger partial charge in [0.25, 0.3) is 0 Å². The third-order valence-electron chi connectivity index (χ3n) is 2.11. The number of hydrogen-bond acceptors (Lipinski definition) is 0.